The SMILES string of the molecule is CC[C@H](NC(=O)c1ncc(C)[nH]1)c1cccc(C)n1. The molecule has 5 heteroatoms. The number of carbonyl (C=O) groups excluding carboxylic acids is 1. The predicted molar refractivity (Wildman–Crippen MR) is 72.8 cm³/mol. The first-order chi connectivity index (χ1) is 9.10. The van der Waals surface area contributed by atoms with Crippen LogP contribution in [0.15, 0.2) is 24.4 Å². The van der Waals surface area contributed by atoms with Gasteiger partial charge in [-0.15, -0.1) is 0 Å². The summed E-state index contributed by atoms with van der Waals surface area (Å²) in [6.45, 7) is 5.82. The molecular weight excluding hydrogens is 240 g/mol. The maximum atomic E-state index is 12.1. The number of hydrogen-bond donors (Lipinski definition) is 2. The summed E-state index contributed by atoms with van der Waals surface area (Å²) >= 11 is 0. The molecule has 0 saturated carbocycles. The Kier molecular flexibility index (Phi) is 3.94. The van der Waals surface area contributed by atoms with Gasteiger partial charge >= 0.3 is 0 Å². The molecule has 0 fully saturated rings. The van der Waals surface area contributed by atoms with E-state index in [1.165, 1.54) is 0 Å². The zero-order valence-corrected chi connectivity index (χ0v) is 11.4. The fourth-order valence-electron chi connectivity index (χ4n) is 1.90. The molecule has 0 unspecified atom stereocenters. The van der Waals surface area contributed by atoms with Gasteiger partial charge in [0.25, 0.3) is 5.91 Å². The van der Waals surface area contributed by atoms with Crippen LogP contribution in [0.2, 0.25) is 0 Å². The molecule has 2 rings (SSSR count). The molecule has 0 radical (unpaired) electrons. The van der Waals surface area contributed by atoms with Crippen LogP contribution in [-0.2, 0) is 0 Å². The van der Waals surface area contributed by atoms with E-state index in [0.29, 0.717) is 5.82 Å². The van der Waals surface area contributed by atoms with Gasteiger partial charge in [-0.1, -0.05) is 13.0 Å². The minimum Gasteiger partial charge on any atom is -0.341 e. The van der Waals surface area contributed by atoms with Crippen molar-refractivity contribution in [1.29, 1.82) is 0 Å². The van der Waals surface area contributed by atoms with Crippen molar-refractivity contribution >= 4 is 5.91 Å². The average Bonchev–Trinajstić information content (AvgIpc) is 2.82. The summed E-state index contributed by atoms with van der Waals surface area (Å²) in [6.07, 6.45) is 2.42. The van der Waals surface area contributed by atoms with Gasteiger partial charge in [0.1, 0.15) is 0 Å². The number of aromatic nitrogens is 3. The van der Waals surface area contributed by atoms with Crippen LogP contribution < -0.4 is 5.32 Å². The number of amides is 1. The Morgan fingerprint density at radius 3 is 2.79 bits per heavy atom. The monoisotopic (exact) mass is 258 g/mol. The van der Waals surface area contributed by atoms with Crippen LogP contribution in [0, 0.1) is 13.8 Å². The van der Waals surface area contributed by atoms with Crippen LogP contribution in [0.25, 0.3) is 0 Å². The number of hydrogen-bond acceptors (Lipinski definition) is 3. The largest absolute Gasteiger partial charge is 0.341 e. The van der Waals surface area contributed by atoms with Crippen molar-refractivity contribution in [2.45, 2.75) is 33.2 Å². The Bertz CT molecular complexity index is 576. The van der Waals surface area contributed by atoms with Gasteiger partial charge in [0, 0.05) is 17.6 Å². The summed E-state index contributed by atoms with van der Waals surface area (Å²) in [6, 6.07) is 5.71. The van der Waals surface area contributed by atoms with Crippen molar-refractivity contribution in [1.82, 2.24) is 20.3 Å². The van der Waals surface area contributed by atoms with Gasteiger partial charge in [-0.05, 0) is 32.4 Å². The third-order valence-corrected chi connectivity index (χ3v) is 2.90. The lowest BCUT2D eigenvalue weighted by atomic mass is 10.1. The second kappa shape index (κ2) is 5.65. The highest BCUT2D eigenvalue weighted by Gasteiger charge is 2.17. The standard InChI is InChI=1S/C14H18N4O/c1-4-11(12-7-5-6-9(2)16-12)18-14(19)13-15-8-10(3)17-13/h5-8,11H,4H2,1-3H3,(H,15,17)(H,18,19)/t11-/m0/s1. The lowest BCUT2D eigenvalue weighted by molar-refractivity contribution is 0.0925. The highest BCUT2D eigenvalue weighted by Crippen LogP contribution is 2.15. The second-order valence-corrected chi connectivity index (χ2v) is 4.55. The minimum absolute atomic E-state index is 0.0993. The van der Waals surface area contributed by atoms with Crippen molar-refractivity contribution in [3.8, 4) is 0 Å². The number of imidazole rings is 1. The molecule has 0 aromatic carbocycles. The predicted octanol–water partition coefficient (Wildman–Crippen LogP) is 2.30. The van der Waals surface area contributed by atoms with E-state index in [9.17, 15) is 4.79 Å². The highest BCUT2D eigenvalue weighted by atomic mass is 16.2. The highest BCUT2D eigenvalue weighted by molar-refractivity contribution is 5.90. The van der Waals surface area contributed by atoms with Crippen LogP contribution in [-0.4, -0.2) is 20.9 Å². The number of nitrogens with zero attached hydrogens (tertiary/aromatic N) is 2. The molecule has 0 bridgehead atoms. The lowest BCUT2D eigenvalue weighted by Gasteiger charge is -2.16. The van der Waals surface area contributed by atoms with Gasteiger partial charge in [0.05, 0.1) is 11.7 Å². The molecule has 0 saturated heterocycles. The molecule has 1 amide bonds. The molecule has 19 heavy (non-hydrogen) atoms. The molecule has 2 aromatic rings. The van der Waals surface area contributed by atoms with E-state index in [-0.39, 0.29) is 11.9 Å². The number of aromatic amines is 1. The van der Waals surface area contributed by atoms with Gasteiger partial charge in [0.15, 0.2) is 5.82 Å². The molecule has 0 aliphatic heterocycles. The molecule has 5 nitrogen and oxygen atoms in total. The minimum atomic E-state index is -0.205. The number of rotatable bonds is 4. The topological polar surface area (TPSA) is 70.7 Å². The molecule has 2 aromatic heterocycles. The van der Waals surface area contributed by atoms with E-state index >= 15 is 0 Å². The van der Waals surface area contributed by atoms with E-state index in [0.717, 1.165) is 23.5 Å². The van der Waals surface area contributed by atoms with Crippen molar-refractivity contribution < 1.29 is 4.79 Å². The van der Waals surface area contributed by atoms with E-state index < -0.39 is 0 Å². The summed E-state index contributed by atoms with van der Waals surface area (Å²) < 4.78 is 0. The number of carbonyl (C=O) groups is 1. The van der Waals surface area contributed by atoms with Crippen molar-refractivity contribution in [2.24, 2.45) is 0 Å². The van der Waals surface area contributed by atoms with E-state index in [1.807, 2.05) is 39.0 Å². The van der Waals surface area contributed by atoms with Crippen molar-refractivity contribution in [3.63, 3.8) is 0 Å². The molecule has 0 aliphatic carbocycles. The summed E-state index contributed by atoms with van der Waals surface area (Å²) in [7, 11) is 0. The number of nitrogens with one attached hydrogen (secondary N) is 2. The van der Waals surface area contributed by atoms with Gasteiger partial charge in [-0.3, -0.25) is 9.78 Å². The van der Waals surface area contributed by atoms with Crippen molar-refractivity contribution in [3.05, 3.63) is 47.3 Å². The maximum absolute atomic E-state index is 12.1. The Balaban J connectivity index is 2.13. The van der Waals surface area contributed by atoms with E-state index in [4.69, 9.17) is 0 Å². The van der Waals surface area contributed by atoms with E-state index in [2.05, 4.69) is 20.3 Å². The smallest absolute Gasteiger partial charge is 0.287 e. The van der Waals surface area contributed by atoms with Crippen LogP contribution in [0.4, 0.5) is 0 Å². The van der Waals surface area contributed by atoms with Gasteiger partial charge in [-0.2, -0.15) is 0 Å². The first kappa shape index (κ1) is 13.3. The molecule has 0 aliphatic rings. The summed E-state index contributed by atoms with van der Waals surface area (Å²) in [5.74, 6) is 0.131. The first-order valence-corrected chi connectivity index (χ1v) is 6.36. The van der Waals surface area contributed by atoms with Crippen LogP contribution in [0.1, 0.15) is 47.1 Å². The Morgan fingerprint density at radius 2 is 2.21 bits per heavy atom. The Hall–Kier alpha value is -2.17. The van der Waals surface area contributed by atoms with Crippen molar-refractivity contribution in [2.75, 3.05) is 0 Å². The van der Waals surface area contributed by atoms with E-state index in [1.54, 1.807) is 6.20 Å². The first-order valence-electron chi connectivity index (χ1n) is 6.36. The summed E-state index contributed by atoms with van der Waals surface area (Å²) in [5.41, 5.74) is 2.69. The zero-order valence-electron chi connectivity index (χ0n) is 11.4. The van der Waals surface area contributed by atoms with Crippen LogP contribution >= 0.6 is 0 Å². The normalized spacial score (nSPS) is 12.2. The number of aryl methyl sites for hydroxylation is 2. The zero-order chi connectivity index (χ0) is 13.8. The Labute approximate surface area is 112 Å². The molecular formula is C14H18N4O. The third kappa shape index (κ3) is 3.19. The lowest BCUT2D eigenvalue weighted by Crippen LogP contribution is -2.29. The van der Waals surface area contributed by atoms with Gasteiger partial charge in [0.2, 0.25) is 0 Å². The molecule has 100 valence electrons. The van der Waals surface area contributed by atoms with Gasteiger partial charge in [-0.25, -0.2) is 4.98 Å². The molecule has 2 heterocycles. The van der Waals surface area contributed by atoms with Crippen LogP contribution in [0.3, 0.4) is 0 Å². The fraction of sp³-hybridized carbons (Fsp3) is 0.357. The number of H-pyrrole nitrogens is 1. The molecule has 0 spiro atoms. The molecule has 2 N–H and O–H groups in total. The molecule has 1 atom stereocenters. The third-order valence-electron chi connectivity index (χ3n) is 2.90. The van der Waals surface area contributed by atoms with Gasteiger partial charge < -0.3 is 10.3 Å². The quantitative estimate of drug-likeness (QED) is 0.884. The fourth-order valence-corrected chi connectivity index (χ4v) is 1.90. The average molecular weight is 258 g/mol. The maximum Gasteiger partial charge on any atom is 0.287 e. The van der Waals surface area contributed by atoms with Crippen LogP contribution in [0.5, 0.6) is 0 Å². The Morgan fingerprint density at radius 1 is 1.42 bits per heavy atom. The second-order valence-electron chi connectivity index (χ2n) is 4.55. The summed E-state index contributed by atoms with van der Waals surface area (Å²) in [4.78, 5) is 23.5. The summed E-state index contributed by atoms with van der Waals surface area (Å²) in [5, 5.41) is 2.94. The number of pyridine rings is 1.